The number of allylic oxidation sites excluding steroid dienone is 9. The van der Waals surface area contributed by atoms with Gasteiger partial charge in [-0.2, -0.15) is 0 Å². The van der Waals surface area contributed by atoms with E-state index in [-0.39, 0.29) is 0 Å². The van der Waals surface area contributed by atoms with Crippen molar-refractivity contribution in [3.05, 3.63) is 108 Å². The predicted octanol–water partition coefficient (Wildman–Crippen LogP) is 6.36. The van der Waals surface area contributed by atoms with Crippen molar-refractivity contribution >= 4 is 23.0 Å². The van der Waals surface area contributed by atoms with E-state index in [0.717, 1.165) is 6.42 Å². The van der Waals surface area contributed by atoms with Gasteiger partial charge in [0.2, 0.25) is 0 Å². The Labute approximate surface area is 175 Å². The van der Waals surface area contributed by atoms with E-state index in [0.29, 0.717) is 0 Å². The van der Waals surface area contributed by atoms with Gasteiger partial charge in [-0.3, -0.25) is 0 Å². The normalized spacial score (nSPS) is 13.8. The first-order valence-electron chi connectivity index (χ1n) is 10.0. The Bertz CT molecular complexity index is 937. The van der Waals surface area contributed by atoms with Crippen LogP contribution < -0.4 is 9.80 Å². The Kier molecular flexibility index (Phi) is 6.91. The van der Waals surface area contributed by atoms with Crippen molar-refractivity contribution in [1.82, 2.24) is 0 Å². The van der Waals surface area contributed by atoms with Gasteiger partial charge in [0.1, 0.15) is 0 Å². The minimum absolute atomic E-state index is 1.02. The highest BCUT2D eigenvalue weighted by atomic mass is 15.1. The number of anilines is 2. The number of hydrogen-bond donors (Lipinski definition) is 0. The fourth-order valence-corrected chi connectivity index (χ4v) is 3.11. The minimum atomic E-state index is 1.02. The molecule has 0 spiro atoms. The van der Waals surface area contributed by atoms with Crippen molar-refractivity contribution in [2.75, 3.05) is 38.0 Å². The van der Waals surface area contributed by atoms with Gasteiger partial charge in [0.05, 0.1) is 0 Å². The molecule has 2 nitrogen and oxygen atoms in total. The summed E-state index contributed by atoms with van der Waals surface area (Å²) in [6.45, 7) is 0. The lowest BCUT2D eigenvalue weighted by molar-refractivity contribution is 1.13. The zero-order valence-electron chi connectivity index (χ0n) is 17.8. The number of benzene rings is 2. The first kappa shape index (κ1) is 20.5. The lowest BCUT2D eigenvalue weighted by Crippen LogP contribution is -2.08. The first-order valence-corrected chi connectivity index (χ1v) is 10.0. The molecule has 0 atom stereocenters. The molecular weight excluding hydrogens is 352 g/mol. The summed E-state index contributed by atoms with van der Waals surface area (Å²) >= 11 is 0. The summed E-state index contributed by atoms with van der Waals surface area (Å²) in [6.07, 6.45) is 18.5. The summed E-state index contributed by atoms with van der Waals surface area (Å²) in [6, 6.07) is 17.3. The molecule has 0 unspecified atom stereocenters. The van der Waals surface area contributed by atoms with E-state index < -0.39 is 0 Å². The number of nitrogens with zero attached hydrogens (tertiary/aromatic N) is 2. The Balaban J connectivity index is 1.90. The van der Waals surface area contributed by atoms with Crippen LogP contribution in [0, 0.1) is 0 Å². The summed E-state index contributed by atoms with van der Waals surface area (Å²) in [5.41, 5.74) is 7.22. The summed E-state index contributed by atoms with van der Waals surface area (Å²) in [5, 5.41) is 0. The Morgan fingerprint density at radius 1 is 0.759 bits per heavy atom. The fourth-order valence-electron chi connectivity index (χ4n) is 3.11. The van der Waals surface area contributed by atoms with E-state index in [1.54, 1.807) is 0 Å². The molecule has 0 aromatic heterocycles. The van der Waals surface area contributed by atoms with Gasteiger partial charge in [-0.25, -0.2) is 0 Å². The van der Waals surface area contributed by atoms with Gasteiger partial charge in [-0.05, 0) is 53.0 Å². The van der Waals surface area contributed by atoms with Gasteiger partial charge >= 0.3 is 0 Å². The minimum Gasteiger partial charge on any atom is -0.378 e. The van der Waals surface area contributed by atoms with Crippen LogP contribution in [0.3, 0.4) is 0 Å². The largest absolute Gasteiger partial charge is 0.378 e. The zero-order valence-corrected chi connectivity index (χ0v) is 17.8. The average molecular weight is 383 g/mol. The molecule has 2 aromatic rings. The second-order valence-electron chi connectivity index (χ2n) is 7.59. The lowest BCUT2D eigenvalue weighted by atomic mass is 10.0. The summed E-state index contributed by atoms with van der Waals surface area (Å²) < 4.78 is 0. The molecule has 0 bridgehead atoms. The quantitative estimate of drug-likeness (QED) is 0.537. The second-order valence-corrected chi connectivity index (χ2v) is 7.59. The Hall–Kier alpha value is -3.26. The summed E-state index contributed by atoms with van der Waals surface area (Å²) in [4.78, 5) is 4.23. The van der Waals surface area contributed by atoms with Crippen LogP contribution in [-0.2, 0) is 0 Å². The monoisotopic (exact) mass is 382 g/mol. The molecule has 148 valence electrons. The molecule has 1 aliphatic rings. The summed E-state index contributed by atoms with van der Waals surface area (Å²) in [5.74, 6) is 0. The molecule has 29 heavy (non-hydrogen) atoms. The SMILES string of the molecule is CN(C)c1ccc(/C=C/C(=C/C=C2C=CCC=C2)c2ccc(N(C)C)cc2)cc1. The molecule has 0 fully saturated rings. The van der Waals surface area contributed by atoms with Crippen molar-refractivity contribution in [2.24, 2.45) is 0 Å². The van der Waals surface area contributed by atoms with Crippen molar-refractivity contribution in [3.8, 4) is 0 Å². The van der Waals surface area contributed by atoms with Crippen LogP contribution >= 0.6 is 0 Å². The van der Waals surface area contributed by atoms with Crippen LogP contribution in [-0.4, -0.2) is 28.2 Å². The van der Waals surface area contributed by atoms with Gasteiger partial charge in [0, 0.05) is 39.6 Å². The van der Waals surface area contributed by atoms with Crippen LogP contribution in [0.2, 0.25) is 0 Å². The number of hydrogen-bond acceptors (Lipinski definition) is 2. The van der Waals surface area contributed by atoms with E-state index in [9.17, 15) is 0 Å². The third kappa shape index (κ3) is 5.86. The molecule has 0 heterocycles. The van der Waals surface area contributed by atoms with Gasteiger partial charge in [-0.1, -0.05) is 72.9 Å². The lowest BCUT2D eigenvalue weighted by Gasteiger charge is -2.13. The van der Waals surface area contributed by atoms with Gasteiger partial charge in [0.15, 0.2) is 0 Å². The Morgan fingerprint density at radius 2 is 1.31 bits per heavy atom. The average Bonchev–Trinajstić information content (AvgIpc) is 2.75. The van der Waals surface area contributed by atoms with Crippen LogP contribution in [0.15, 0.2) is 96.6 Å². The molecule has 0 N–H and O–H groups in total. The van der Waals surface area contributed by atoms with Crippen molar-refractivity contribution < 1.29 is 0 Å². The molecule has 0 amide bonds. The van der Waals surface area contributed by atoms with Crippen LogP contribution in [0.25, 0.3) is 11.6 Å². The zero-order chi connectivity index (χ0) is 20.6. The van der Waals surface area contributed by atoms with E-state index in [1.165, 1.54) is 33.6 Å². The van der Waals surface area contributed by atoms with Gasteiger partial charge in [-0.15, -0.1) is 0 Å². The van der Waals surface area contributed by atoms with E-state index >= 15 is 0 Å². The topological polar surface area (TPSA) is 6.48 Å². The van der Waals surface area contributed by atoms with Gasteiger partial charge in [0.25, 0.3) is 0 Å². The third-order valence-corrected chi connectivity index (χ3v) is 4.93. The molecule has 3 rings (SSSR count). The highest BCUT2D eigenvalue weighted by Crippen LogP contribution is 2.23. The Morgan fingerprint density at radius 3 is 1.86 bits per heavy atom. The predicted molar refractivity (Wildman–Crippen MR) is 130 cm³/mol. The standard InChI is InChI=1S/C27H30N2/c1-28(2)26-18-12-23(13-19-26)11-15-24(14-10-22-8-6-5-7-9-22)25-16-20-27(21-17-25)29(3)4/h6-21H,5H2,1-4H3/b15-11+,24-14-. The van der Waals surface area contributed by atoms with Crippen molar-refractivity contribution in [1.29, 1.82) is 0 Å². The molecule has 1 aliphatic carbocycles. The fraction of sp³-hybridized carbons (Fsp3) is 0.185. The van der Waals surface area contributed by atoms with Crippen molar-refractivity contribution in [3.63, 3.8) is 0 Å². The molecule has 0 radical (unpaired) electrons. The van der Waals surface area contributed by atoms with E-state index in [1.807, 2.05) is 0 Å². The molecule has 0 saturated heterocycles. The summed E-state index contributed by atoms with van der Waals surface area (Å²) in [7, 11) is 8.25. The number of rotatable bonds is 6. The third-order valence-electron chi connectivity index (χ3n) is 4.93. The maximum Gasteiger partial charge on any atom is 0.0361 e. The second kappa shape index (κ2) is 9.79. The maximum atomic E-state index is 2.20. The molecule has 0 saturated carbocycles. The highest BCUT2D eigenvalue weighted by Gasteiger charge is 2.01. The smallest absolute Gasteiger partial charge is 0.0361 e. The molecule has 0 aliphatic heterocycles. The van der Waals surface area contributed by atoms with E-state index in [4.69, 9.17) is 0 Å². The molecular formula is C27H30N2. The molecule has 2 aromatic carbocycles. The van der Waals surface area contributed by atoms with Gasteiger partial charge < -0.3 is 9.80 Å². The van der Waals surface area contributed by atoms with Crippen molar-refractivity contribution in [2.45, 2.75) is 6.42 Å². The van der Waals surface area contributed by atoms with Crippen LogP contribution in [0.1, 0.15) is 17.5 Å². The molecule has 2 heteroatoms. The first-order chi connectivity index (χ1) is 14.0. The van der Waals surface area contributed by atoms with Crippen LogP contribution in [0.4, 0.5) is 11.4 Å². The van der Waals surface area contributed by atoms with Crippen LogP contribution in [0.5, 0.6) is 0 Å². The maximum absolute atomic E-state index is 2.20. The van der Waals surface area contributed by atoms with E-state index in [2.05, 4.69) is 135 Å². The highest BCUT2D eigenvalue weighted by molar-refractivity contribution is 5.81.